The van der Waals surface area contributed by atoms with E-state index in [1.165, 1.54) is 0 Å². The highest BCUT2D eigenvalue weighted by Crippen LogP contribution is 2.34. The zero-order valence-corrected chi connectivity index (χ0v) is 22.3. The lowest BCUT2D eigenvalue weighted by molar-refractivity contribution is -0.128. The lowest BCUT2D eigenvalue weighted by Gasteiger charge is -2.30. The summed E-state index contributed by atoms with van der Waals surface area (Å²) in [6.45, 7) is 6.83. The highest BCUT2D eigenvalue weighted by molar-refractivity contribution is 6.00. The molecule has 2 aromatic rings. The van der Waals surface area contributed by atoms with Crippen molar-refractivity contribution >= 4 is 11.8 Å². The van der Waals surface area contributed by atoms with Gasteiger partial charge in [0.05, 0.1) is 26.4 Å². The van der Waals surface area contributed by atoms with E-state index < -0.39 is 11.6 Å². The molecule has 2 atom stereocenters. The van der Waals surface area contributed by atoms with Gasteiger partial charge in [0.15, 0.2) is 5.54 Å². The maximum atomic E-state index is 13.9. The molecule has 39 heavy (non-hydrogen) atoms. The molecule has 2 aliphatic heterocycles. The summed E-state index contributed by atoms with van der Waals surface area (Å²) in [5.41, 5.74) is 10.1. The summed E-state index contributed by atoms with van der Waals surface area (Å²) in [5, 5.41) is 15.8. The van der Waals surface area contributed by atoms with Crippen LogP contribution in [0.5, 0.6) is 5.75 Å². The molecule has 11 heteroatoms. The molecule has 2 aromatic carbocycles. The molecule has 0 spiro atoms. The molecule has 0 aliphatic carbocycles. The van der Waals surface area contributed by atoms with E-state index in [1.54, 1.807) is 0 Å². The van der Waals surface area contributed by atoms with Gasteiger partial charge in [-0.25, -0.2) is 4.99 Å². The van der Waals surface area contributed by atoms with E-state index >= 15 is 0 Å². The van der Waals surface area contributed by atoms with Crippen molar-refractivity contribution in [3.63, 3.8) is 0 Å². The minimum atomic E-state index is -1.21. The molecule has 2 aliphatic rings. The average molecular weight is 537 g/mol. The first-order valence-corrected chi connectivity index (χ1v) is 13.3. The molecule has 11 nitrogen and oxygen atoms in total. The number of benzene rings is 2. The van der Waals surface area contributed by atoms with Gasteiger partial charge in [0.2, 0.25) is 5.90 Å². The van der Waals surface area contributed by atoms with Crippen LogP contribution < -0.4 is 10.1 Å². The first-order valence-electron chi connectivity index (χ1n) is 13.3. The summed E-state index contributed by atoms with van der Waals surface area (Å²) in [6, 6.07) is 15.0. The van der Waals surface area contributed by atoms with Gasteiger partial charge >= 0.3 is 0 Å². The fourth-order valence-corrected chi connectivity index (χ4v) is 4.73. The number of aliphatic hydroxyl groups is 1. The number of carbonyl (C=O) groups is 1. The Labute approximate surface area is 228 Å². The van der Waals surface area contributed by atoms with Crippen LogP contribution in [0.15, 0.2) is 58.6 Å². The van der Waals surface area contributed by atoms with E-state index in [0.29, 0.717) is 50.9 Å². The molecule has 0 unspecified atom stereocenters. The van der Waals surface area contributed by atoms with Crippen LogP contribution in [0.4, 0.5) is 0 Å². The first-order chi connectivity index (χ1) is 19.1. The third-order valence-corrected chi connectivity index (χ3v) is 7.03. The van der Waals surface area contributed by atoms with Crippen molar-refractivity contribution in [3.8, 4) is 5.75 Å². The molecule has 0 saturated carbocycles. The SMILES string of the molecule is C[C@H]1OC(c2ccc(OCCCO)cc2)=N[C@@]1(Cc1ccccc1CN=[N+]=[N-])C(=O)NCCN1CCOCC1. The fourth-order valence-electron chi connectivity index (χ4n) is 4.73. The van der Waals surface area contributed by atoms with E-state index in [2.05, 4.69) is 20.2 Å². The Hall–Kier alpha value is -3.63. The van der Waals surface area contributed by atoms with Crippen molar-refractivity contribution in [2.75, 3.05) is 52.6 Å². The standard InChI is InChI=1S/C28H36N6O5/c1-21-28(19-23-5-2-3-6-24(23)20-31-33-29,27(36)30-11-12-34-13-17-37-18-14-34)32-26(39-21)22-7-9-25(10-8-22)38-16-4-15-35/h2-3,5-10,21,35H,4,11-20H2,1H3,(H,30,36)/t21-,28-/m1/s1. The molecule has 1 fully saturated rings. The van der Waals surface area contributed by atoms with E-state index in [-0.39, 0.29) is 19.1 Å². The van der Waals surface area contributed by atoms with E-state index in [1.807, 2.05) is 55.5 Å². The third-order valence-electron chi connectivity index (χ3n) is 7.03. The number of carbonyl (C=O) groups excluding carboxylic acids is 1. The monoisotopic (exact) mass is 536 g/mol. The molecule has 4 rings (SSSR count). The second-order valence-electron chi connectivity index (χ2n) is 9.60. The van der Waals surface area contributed by atoms with Crippen molar-refractivity contribution in [3.05, 3.63) is 75.7 Å². The van der Waals surface area contributed by atoms with E-state index in [0.717, 1.165) is 36.3 Å². The van der Waals surface area contributed by atoms with Gasteiger partial charge in [0.1, 0.15) is 11.9 Å². The number of aliphatic hydroxyl groups excluding tert-OH is 1. The normalized spacial score (nSPS) is 21.0. The summed E-state index contributed by atoms with van der Waals surface area (Å²) in [7, 11) is 0. The Balaban J connectivity index is 1.58. The summed E-state index contributed by atoms with van der Waals surface area (Å²) in [6.07, 6.45) is 0.309. The second-order valence-corrected chi connectivity index (χ2v) is 9.60. The van der Waals surface area contributed by atoms with Crippen molar-refractivity contribution in [2.45, 2.75) is 38.0 Å². The van der Waals surface area contributed by atoms with E-state index in [9.17, 15) is 4.79 Å². The van der Waals surface area contributed by atoms with Crippen molar-refractivity contribution in [2.24, 2.45) is 10.1 Å². The number of hydrogen-bond acceptors (Lipinski definition) is 8. The number of ether oxygens (including phenoxy) is 3. The Morgan fingerprint density at radius 1 is 1.23 bits per heavy atom. The molecule has 0 aromatic heterocycles. The number of nitrogens with one attached hydrogen (secondary N) is 1. The Bertz CT molecular complexity index is 1180. The summed E-state index contributed by atoms with van der Waals surface area (Å²) in [4.78, 5) is 24.0. The number of azide groups is 1. The molecule has 0 bridgehead atoms. The number of morpholine rings is 1. The van der Waals surface area contributed by atoms with Crippen molar-refractivity contribution in [1.29, 1.82) is 0 Å². The maximum Gasteiger partial charge on any atom is 0.252 e. The smallest absolute Gasteiger partial charge is 0.252 e. The Morgan fingerprint density at radius 2 is 1.97 bits per heavy atom. The highest BCUT2D eigenvalue weighted by Gasteiger charge is 2.50. The quantitative estimate of drug-likeness (QED) is 0.175. The molecule has 0 radical (unpaired) electrons. The number of amides is 1. The summed E-state index contributed by atoms with van der Waals surface area (Å²) < 4.78 is 17.3. The van der Waals surface area contributed by atoms with Gasteiger partial charge in [-0.05, 0) is 47.8 Å². The molecule has 2 N–H and O–H groups in total. The zero-order chi connectivity index (χ0) is 27.5. The van der Waals surface area contributed by atoms with Gasteiger partial charge in [-0.15, -0.1) is 0 Å². The number of aliphatic imine (C=N–C) groups is 1. The van der Waals surface area contributed by atoms with Crippen LogP contribution >= 0.6 is 0 Å². The predicted octanol–water partition coefficient (Wildman–Crippen LogP) is 2.85. The topological polar surface area (TPSA) is 141 Å². The third kappa shape index (κ3) is 7.27. The molecular formula is C28H36N6O5. The lowest BCUT2D eigenvalue weighted by atomic mass is 9.84. The van der Waals surface area contributed by atoms with Crippen LogP contribution in [0, 0.1) is 0 Å². The lowest BCUT2D eigenvalue weighted by Crippen LogP contribution is -2.54. The maximum absolute atomic E-state index is 13.9. The second kappa shape index (κ2) is 14.0. The number of rotatable bonds is 13. The fraction of sp³-hybridized carbons (Fsp3) is 0.500. The molecule has 2 heterocycles. The van der Waals surface area contributed by atoms with Gasteiger partial charge < -0.3 is 24.6 Å². The van der Waals surface area contributed by atoms with Crippen LogP contribution in [0.3, 0.4) is 0 Å². The summed E-state index contributed by atoms with van der Waals surface area (Å²) in [5.74, 6) is 0.860. The Morgan fingerprint density at radius 3 is 2.69 bits per heavy atom. The van der Waals surface area contributed by atoms with Crippen LogP contribution in [-0.2, 0) is 27.2 Å². The van der Waals surface area contributed by atoms with Gasteiger partial charge in [-0.2, -0.15) is 0 Å². The van der Waals surface area contributed by atoms with Crippen molar-refractivity contribution in [1.82, 2.24) is 10.2 Å². The van der Waals surface area contributed by atoms with Crippen molar-refractivity contribution < 1.29 is 24.1 Å². The molecular weight excluding hydrogens is 500 g/mol. The highest BCUT2D eigenvalue weighted by atomic mass is 16.5. The van der Waals surface area contributed by atoms with E-state index in [4.69, 9.17) is 29.8 Å². The molecule has 208 valence electrons. The van der Waals surface area contributed by atoms with Gasteiger partial charge in [-0.3, -0.25) is 9.69 Å². The van der Waals surface area contributed by atoms with Crippen LogP contribution in [0.1, 0.15) is 30.0 Å². The molecule has 1 amide bonds. The molecule has 1 saturated heterocycles. The predicted molar refractivity (Wildman–Crippen MR) is 147 cm³/mol. The van der Waals surface area contributed by atoms with Crippen LogP contribution in [0.2, 0.25) is 0 Å². The minimum Gasteiger partial charge on any atom is -0.494 e. The Kier molecular flexibility index (Phi) is 10.2. The number of hydrogen-bond donors (Lipinski definition) is 2. The van der Waals surface area contributed by atoms with Crippen LogP contribution in [-0.4, -0.2) is 86.1 Å². The van der Waals surface area contributed by atoms with Gasteiger partial charge in [0, 0.05) is 56.1 Å². The number of nitrogens with zero attached hydrogens (tertiary/aromatic N) is 5. The summed E-state index contributed by atoms with van der Waals surface area (Å²) >= 11 is 0. The minimum absolute atomic E-state index is 0.0726. The zero-order valence-electron chi connectivity index (χ0n) is 22.3. The average Bonchev–Trinajstić information content (AvgIpc) is 3.30. The van der Waals surface area contributed by atoms with Gasteiger partial charge in [0.25, 0.3) is 5.91 Å². The van der Waals surface area contributed by atoms with Crippen LogP contribution in [0.25, 0.3) is 10.4 Å². The first kappa shape index (κ1) is 28.4. The van der Waals surface area contributed by atoms with Gasteiger partial charge in [-0.1, -0.05) is 29.4 Å². The largest absolute Gasteiger partial charge is 0.494 e.